The van der Waals surface area contributed by atoms with Crippen molar-refractivity contribution in [1.29, 1.82) is 0 Å². The second-order valence-electron chi connectivity index (χ2n) is 5.45. The zero-order chi connectivity index (χ0) is 17.6. The molecular formula is C18H18N2O5. The van der Waals surface area contributed by atoms with Gasteiger partial charge in [0.25, 0.3) is 11.8 Å². The molecule has 0 bridgehead atoms. The third kappa shape index (κ3) is 4.20. The first-order chi connectivity index (χ1) is 12.1. The van der Waals surface area contributed by atoms with Gasteiger partial charge in [-0.2, -0.15) is 0 Å². The van der Waals surface area contributed by atoms with Gasteiger partial charge in [-0.1, -0.05) is 24.3 Å². The Balaban J connectivity index is 1.47. The molecule has 7 heteroatoms. The van der Waals surface area contributed by atoms with Crippen LogP contribution < -0.4 is 25.3 Å². The molecule has 1 aliphatic heterocycles. The first-order valence-corrected chi connectivity index (χ1v) is 7.80. The number of carbonyl (C=O) groups excluding carboxylic acids is 2. The van der Waals surface area contributed by atoms with Gasteiger partial charge in [-0.25, -0.2) is 0 Å². The van der Waals surface area contributed by atoms with Crippen LogP contribution in [0.25, 0.3) is 0 Å². The average Bonchev–Trinajstić information content (AvgIpc) is 2.64. The highest BCUT2D eigenvalue weighted by Crippen LogP contribution is 2.30. The van der Waals surface area contributed by atoms with Gasteiger partial charge < -0.3 is 25.3 Å². The van der Waals surface area contributed by atoms with Crippen LogP contribution in [-0.2, 0) is 4.79 Å². The highest BCUT2D eigenvalue weighted by molar-refractivity contribution is 5.95. The number of carbonyl (C=O) groups is 2. The lowest BCUT2D eigenvalue weighted by Gasteiger charge is -2.26. The summed E-state index contributed by atoms with van der Waals surface area (Å²) in [7, 11) is 0. The average molecular weight is 342 g/mol. The minimum Gasteiger partial charge on any atom is -0.486 e. The number of hydrogen-bond acceptors (Lipinski definition) is 5. The van der Waals surface area contributed by atoms with Crippen molar-refractivity contribution in [1.82, 2.24) is 5.32 Å². The summed E-state index contributed by atoms with van der Waals surface area (Å²) >= 11 is 0. The lowest BCUT2D eigenvalue weighted by atomic mass is 10.2. The van der Waals surface area contributed by atoms with Gasteiger partial charge in [-0.15, -0.1) is 0 Å². The number of nitrogens with two attached hydrogens (primary N) is 1. The first kappa shape index (κ1) is 16.6. The van der Waals surface area contributed by atoms with Crippen LogP contribution in [0.1, 0.15) is 10.4 Å². The predicted molar refractivity (Wildman–Crippen MR) is 89.8 cm³/mol. The van der Waals surface area contributed by atoms with Crippen molar-refractivity contribution in [2.24, 2.45) is 5.73 Å². The van der Waals surface area contributed by atoms with Crippen LogP contribution in [0.2, 0.25) is 0 Å². The van der Waals surface area contributed by atoms with Crippen LogP contribution in [0.3, 0.4) is 0 Å². The van der Waals surface area contributed by atoms with Gasteiger partial charge in [-0.05, 0) is 24.3 Å². The topological polar surface area (TPSA) is 99.9 Å². The maximum absolute atomic E-state index is 11.9. The Bertz CT molecular complexity index is 778. The SMILES string of the molecule is NC(=O)c1ccccc1OCC(=O)NCC1COc2ccccc2O1. The van der Waals surface area contributed by atoms with Crippen LogP contribution >= 0.6 is 0 Å². The number of amides is 2. The lowest BCUT2D eigenvalue weighted by Crippen LogP contribution is -2.42. The van der Waals surface area contributed by atoms with E-state index in [-0.39, 0.29) is 36.5 Å². The minimum absolute atomic E-state index is 0.228. The smallest absolute Gasteiger partial charge is 0.258 e. The zero-order valence-corrected chi connectivity index (χ0v) is 13.4. The molecule has 1 atom stereocenters. The van der Waals surface area contributed by atoms with Crippen molar-refractivity contribution in [3.05, 3.63) is 54.1 Å². The van der Waals surface area contributed by atoms with E-state index in [1.165, 1.54) is 0 Å². The normalized spacial score (nSPS) is 15.3. The molecule has 0 spiro atoms. The van der Waals surface area contributed by atoms with Gasteiger partial charge in [-0.3, -0.25) is 9.59 Å². The number of hydrogen-bond donors (Lipinski definition) is 2. The molecule has 25 heavy (non-hydrogen) atoms. The third-order valence-corrected chi connectivity index (χ3v) is 3.61. The van der Waals surface area contributed by atoms with Crippen molar-refractivity contribution in [2.45, 2.75) is 6.10 Å². The molecule has 0 aromatic heterocycles. The fraction of sp³-hybridized carbons (Fsp3) is 0.222. The molecule has 0 fully saturated rings. The number of rotatable bonds is 6. The summed E-state index contributed by atoms with van der Waals surface area (Å²) in [6.45, 7) is 0.408. The summed E-state index contributed by atoms with van der Waals surface area (Å²) in [6, 6.07) is 13.9. The summed E-state index contributed by atoms with van der Waals surface area (Å²) < 4.78 is 16.7. The van der Waals surface area contributed by atoms with E-state index in [9.17, 15) is 9.59 Å². The minimum atomic E-state index is -0.609. The van der Waals surface area contributed by atoms with Crippen molar-refractivity contribution in [3.63, 3.8) is 0 Å². The van der Waals surface area contributed by atoms with E-state index in [1.54, 1.807) is 24.3 Å². The van der Waals surface area contributed by atoms with E-state index >= 15 is 0 Å². The van der Waals surface area contributed by atoms with Crippen molar-refractivity contribution >= 4 is 11.8 Å². The number of primary amides is 1. The molecular weight excluding hydrogens is 324 g/mol. The molecule has 7 nitrogen and oxygen atoms in total. The Morgan fingerprint density at radius 2 is 1.84 bits per heavy atom. The number of nitrogens with one attached hydrogen (secondary N) is 1. The quantitative estimate of drug-likeness (QED) is 0.819. The van der Waals surface area contributed by atoms with E-state index in [0.29, 0.717) is 18.1 Å². The van der Waals surface area contributed by atoms with Crippen LogP contribution in [-0.4, -0.2) is 37.7 Å². The Kier molecular flexibility index (Phi) is 5.03. The highest BCUT2D eigenvalue weighted by Gasteiger charge is 2.21. The largest absolute Gasteiger partial charge is 0.486 e. The van der Waals surface area contributed by atoms with Gasteiger partial charge in [0, 0.05) is 0 Å². The molecule has 3 rings (SSSR count). The molecule has 2 aromatic rings. The molecule has 2 amide bonds. The Morgan fingerprint density at radius 1 is 1.12 bits per heavy atom. The third-order valence-electron chi connectivity index (χ3n) is 3.61. The number of ether oxygens (including phenoxy) is 3. The Hall–Kier alpha value is -3.22. The molecule has 3 N–H and O–H groups in total. The number of para-hydroxylation sites is 3. The summed E-state index contributed by atoms with van der Waals surface area (Å²) in [5.74, 6) is 0.677. The van der Waals surface area contributed by atoms with Gasteiger partial charge in [0.1, 0.15) is 18.5 Å². The molecule has 0 saturated carbocycles. The van der Waals surface area contributed by atoms with Gasteiger partial charge in [0.05, 0.1) is 12.1 Å². The summed E-state index contributed by atoms with van der Waals surface area (Å²) in [5.41, 5.74) is 5.50. The van der Waals surface area contributed by atoms with Crippen LogP contribution in [0.15, 0.2) is 48.5 Å². The predicted octanol–water partition coefficient (Wildman–Crippen LogP) is 1.12. The second-order valence-corrected chi connectivity index (χ2v) is 5.45. The van der Waals surface area contributed by atoms with E-state index in [0.717, 1.165) is 0 Å². The standard InChI is InChI=1S/C18H18N2O5/c19-18(22)13-5-1-2-6-14(13)24-11-17(21)20-9-12-10-23-15-7-3-4-8-16(15)25-12/h1-8,12H,9-11H2,(H2,19,22)(H,20,21). The van der Waals surface area contributed by atoms with E-state index in [4.69, 9.17) is 19.9 Å². The second kappa shape index (κ2) is 7.57. The maximum atomic E-state index is 11.9. The van der Waals surface area contributed by atoms with Crippen molar-refractivity contribution in [3.8, 4) is 17.2 Å². The van der Waals surface area contributed by atoms with Crippen molar-refractivity contribution in [2.75, 3.05) is 19.8 Å². The number of benzene rings is 2. The summed E-state index contributed by atoms with van der Waals surface area (Å²) in [6.07, 6.45) is -0.281. The highest BCUT2D eigenvalue weighted by atomic mass is 16.6. The Morgan fingerprint density at radius 3 is 2.64 bits per heavy atom. The van der Waals surface area contributed by atoms with Crippen LogP contribution in [0, 0.1) is 0 Å². The fourth-order valence-corrected chi connectivity index (χ4v) is 2.38. The first-order valence-electron chi connectivity index (χ1n) is 7.80. The molecule has 1 aliphatic rings. The van der Waals surface area contributed by atoms with E-state index in [2.05, 4.69) is 5.32 Å². The van der Waals surface area contributed by atoms with E-state index in [1.807, 2.05) is 24.3 Å². The molecule has 0 saturated heterocycles. The molecule has 2 aromatic carbocycles. The molecule has 0 aliphatic carbocycles. The molecule has 1 unspecified atom stereocenters. The summed E-state index contributed by atoms with van der Waals surface area (Å²) in [5, 5.41) is 2.72. The monoisotopic (exact) mass is 342 g/mol. The maximum Gasteiger partial charge on any atom is 0.258 e. The van der Waals surface area contributed by atoms with Crippen molar-refractivity contribution < 1.29 is 23.8 Å². The molecule has 130 valence electrons. The van der Waals surface area contributed by atoms with Crippen LogP contribution in [0.4, 0.5) is 0 Å². The van der Waals surface area contributed by atoms with Gasteiger partial charge >= 0.3 is 0 Å². The van der Waals surface area contributed by atoms with E-state index < -0.39 is 5.91 Å². The fourth-order valence-electron chi connectivity index (χ4n) is 2.38. The Labute approximate surface area is 144 Å². The van der Waals surface area contributed by atoms with Crippen LogP contribution in [0.5, 0.6) is 17.2 Å². The zero-order valence-electron chi connectivity index (χ0n) is 13.4. The summed E-state index contributed by atoms with van der Waals surface area (Å²) in [4.78, 5) is 23.2. The lowest BCUT2D eigenvalue weighted by molar-refractivity contribution is -0.123. The molecule has 1 heterocycles. The molecule has 0 radical (unpaired) electrons. The van der Waals surface area contributed by atoms with Gasteiger partial charge in [0.2, 0.25) is 0 Å². The van der Waals surface area contributed by atoms with Gasteiger partial charge in [0.15, 0.2) is 18.1 Å². The number of fused-ring (bicyclic) bond motifs is 1.